The fraction of sp³-hybridized carbons (Fsp3) is 1.00. The molecule has 0 aromatic carbocycles. The van der Waals surface area contributed by atoms with Gasteiger partial charge in [0.05, 0.1) is 0 Å². The summed E-state index contributed by atoms with van der Waals surface area (Å²) in [5.74, 6) is 1.15. The summed E-state index contributed by atoms with van der Waals surface area (Å²) in [5, 5.41) is 0.883. The number of fused-ring (bicyclic) bond motifs is 2. The maximum absolute atomic E-state index is 2.30. The molecule has 2 rings (SSSR count). The Hall–Kier alpha value is 0.430. The van der Waals surface area contributed by atoms with Gasteiger partial charge in [-0.1, -0.05) is 39.0 Å². The van der Waals surface area contributed by atoms with E-state index in [-0.39, 0.29) is 0 Å². The summed E-state index contributed by atoms with van der Waals surface area (Å²) in [7, 11) is 1.31. The van der Waals surface area contributed by atoms with E-state index in [9.17, 15) is 0 Å². The number of unbranched alkanes of at least 4 members (excludes halogenated alkanes) is 5. The molecular weight excluding hydrogens is 211 g/mol. The molecular formula is C15H29P. The van der Waals surface area contributed by atoms with Gasteiger partial charge in [0.1, 0.15) is 0 Å². The molecule has 2 aliphatic carbocycles. The lowest BCUT2D eigenvalue weighted by atomic mass is 10.0. The van der Waals surface area contributed by atoms with Gasteiger partial charge in [-0.2, -0.15) is 0 Å². The van der Waals surface area contributed by atoms with E-state index in [2.05, 4.69) is 6.92 Å². The van der Waals surface area contributed by atoms with Crippen LogP contribution in [0.5, 0.6) is 0 Å². The second kappa shape index (κ2) is 6.39. The third-order valence-corrected chi connectivity index (χ3v) is 6.83. The van der Waals surface area contributed by atoms with Gasteiger partial charge in [-0.05, 0) is 55.8 Å². The zero-order valence-electron chi connectivity index (χ0n) is 11.1. The maximum Gasteiger partial charge on any atom is -0.0119 e. The highest BCUT2D eigenvalue weighted by atomic mass is 31.1. The van der Waals surface area contributed by atoms with E-state index in [1.165, 1.54) is 47.1 Å². The fourth-order valence-electron chi connectivity index (χ4n) is 3.70. The molecule has 2 fully saturated rings. The molecule has 1 heteroatoms. The van der Waals surface area contributed by atoms with Crippen molar-refractivity contribution in [1.82, 2.24) is 0 Å². The Morgan fingerprint density at radius 2 is 1.69 bits per heavy atom. The monoisotopic (exact) mass is 240 g/mol. The normalized spacial score (nSPS) is 33.2. The van der Waals surface area contributed by atoms with E-state index in [1.807, 2.05) is 0 Å². The van der Waals surface area contributed by atoms with Gasteiger partial charge in [-0.3, -0.25) is 0 Å². The minimum absolute atomic E-state index is 0.883. The standard InChI is InChI=1S/C15H29P/c1-2-3-4-5-6-7-12-16-15-10-8-14(13-15)9-11-15/h14,16H,2-13H2,1H3. The summed E-state index contributed by atoms with van der Waals surface area (Å²) in [6.07, 6.45) is 18.3. The van der Waals surface area contributed by atoms with Crippen LogP contribution in [0.2, 0.25) is 0 Å². The fourth-order valence-corrected chi connectivity index (χ4v) is 5.73. The predicted molar refractivity (Wildman–Crippen MR) is 75.9 cm³/mol. The lowest BCUT2D eigenvalue weighted by molar-refractivity contribution is 0.497. The van der Waals surface area contributed by atoms with E-state index < -0.39 is 0 Å². The lowest BCUT2D eigenvalue weighted by Crippen LogP contribution is -2.15. The van der Waals surface area contributed by atoms with Crippen LogP contribution in [0.15, 0.2) is 0 Å². The third kappa shape index (κ3) is 3.46. The van der Waals surface area contributed by atoms with E-state index in [1.54, 1.807) is 38.3 Å². The highest BCUT2D eigenvalue weighted by Gasteiger charge is 2.43. The molecule has 0 saturated heterocycles. The summed E-state index contributed by atoms with van der Waals surface area (Å²) in [4.78, 5) is 0. The Balaban J connectivity index is 1.48. The van der Waals surface area contributed by atoms with Crippen molar-refractivity contribution in [2.45, 2.75) is 82.7 Å². The number of hydrogen-bond donors (Lipinski definition) is 0. The maximum atomic E-state index is 2.30. The summed E-state index contributed by atoms with van der Waals surface area (Å²) >= 11 is 0. The average Bonchev–Trinajstić information content (AvgIpc) is 2.88. The van der Waals surface area contributed by atoms with Crippen molar-refractivity contribution in [2.75, 3.05) is 6.16 Å². The SMILES string of the molecule is CCCCCCCCPC12CCC(CC1)C2. The van der Waals surface area contributed by atoms with E-state index >= 15 is 0 Å². The molecule has 0 aliphatic heterocycles. The van der Waals surface area contributed by atoms with Crippen LogP contribution >= 0.6 is 8.58 Å². The molecule has 2 saturated carbocycles. The van der Waals surface area contributed by atoms with Crippen molar-refractivity contribution in [2.24, 2.45) is 5.92 Å². The lowest BCUT2D eigenvalue weighted by Gasteiger charge is -2.26. The first kappa shape index (κ1) is 12.9. The van der Waals surface area contributed by atoms with Gasteiger partial charge < -0.3 is 0 Å². The van der Waals surface area contributed by atoms with Gasteiger partial charge >= 0.3 is 0 Å². The Labute approximate surface area is 104 Å². The van der Waals surface area contributed by atoms with E-state index in [0.29, 0.717) is 0 Å². The van der Waals surface area contributed by atoms with Gasteiger partial charge in [-0.25, -0.2) is 0 Å². The Morgan fingerprint density at radius 1 is 1.00 bits per heavy atom. The van der Waals surface area contributed by atoms with Crippen LogP contribution in [0.4, 0.5) is 0 Å². The van der Waals surface area contributed by atoms with Crippen LogP contribution in [-0.4, -0.2) is 11.3 Å². The van der Waals surface area contributed by atoms with Gasteiger partial charge in [0.2, 0.25) is 0 Å². The van der Waals surface area contributed by atoms with E-state index in [4.69, 9.17) is 0 Å². The van der Waals surface area contributed by atoms with Crippen LogP contribution in [0.1, 0.15) is 77.6 Å². The highest BCUT2D eigenvalue weighted by molar-refractivity contribution is 7.40. The second-order valence-electron chi connectivity index (χ2n) is 6.12. The Morgan fingerprint density at radius 3 is 2.31 bits per heavy atom. The molecule has 1 atom stereocenters. The molecule has 0 spiro atoms. The van der Waals surface area contributed by atoms with Gasteiger partial charge in [0.25, 0.3) is 0 Å². The quantitative estimate of drug-likeness (QED) is 0.396. The first-order valence-electron chi connectivity index (χ1n) is 7.60. The van der Waals surface area contributed by atoms with Gasteiger partial charge in [-0.15, -0.1) is 8.58 Å². The smallest absolute Gasteiger partial charge is 0.0119 e. The third-order valence-electron chi connectivity index (χ3n) is 4.77. The first-order valence-corrected chi connectivity index (χ1v) is 8.80. The van der Waals surface area contributed by atoms with Crippen molar-refractivity contribution >= 4 is 8.58 Å². The van der Waals surface area contributed by atoms with Crippen LogP contribution in [0, 0.1) is 5.92 Å². The van der Waals surface area contributed by atoms with Crippen LogP contribution in [0.25, 0.3) is 0 Å². The molecule has 0 aromatic rings. The van der Waals surface area contributed by atoms with Crippen molar-refractivity contribution < 1.29 is 0 Å². The zero-order valence-corrected chi connectivity index (χ0v) is 12.1. The number of hydrogen-bond acceptors (Lipinski definition) is 0. The highest BCUT2D eigenvalue weighted by Crippen LogP contribution is 2.58. The topological polar surface area (TPSA) is 0 Å². The number of rotatable bonds is 8. The summed E-state index contributed by atoms with van der Waals surface area (Å²) in [5.41, 5.74) is 0. The predicted octanol–water partition coefficient (Wildman–Crippen LogP) is 5.36. The molecule has 0 aromatic heterocycles. The molecule has 0 heterocycles. The Kier molecular flexibility index (Phi) is 5.14. The van der Waals surface area contributed by atoms with Crippen molar-refractivity contribution in [3.05, 3.63) is 0 Å². The largest absolute Gasteiger partial charge is 0.116 e. The summed E-state index contributed by atoms with van der Waals surface area (Å²) in [6.45, 7) is 2.30. The van der Waals surface area contributed by atoms with Crippen LogP contribution in [-0.2, 0) is 0 Å². The second-order valence-corrected chi connectivity index (χ2v) is 8.04. The van der Waals surface area contributed by atoms with Crippen molar-refractivity contribution in [1.29, 1.82) is 0 Å². The molecule has 94 valence electrons. The van der Waals surface area contributed by atoms with Crippen molar-refractivity contribution in [3.63, 3.8) is 0 Å². The molecule has 16 heavy (non-hydrogen) atoms. The average molecular weight is 240 g/mol. The van der Waals surface area contributed by atoms with Gasteiger partial charge in [0, 0.05) is 0 Å². The van der Waals surface area contributed by atoms with E-state index in [0.717, 1.165) is 11.1 Å². The molecule has 2 bridgehead atoms. The minimum atomic E-state index is 0.883. The van der Waals surface area contributed by atoms with Crippen molar-refractivity contribution in [3.8, 4) is 0 Å². The Bertz CT molecular complexity index is 192. The summed E-state index contributed by atoms with van der Waals surface area (Å²) in [6, 6.07) is 0. The first-order chi connectivity index (χ1) is 7.85. The zero-order chi connectivity index (χ0) is 11.3. The van der Waals surface area contributed by atoms with Crippen LogP contribution < -0.4 is 0 Å². The van der Waals surface area contributed by atoms with Crippen LogP contribution in [0.3, 0.4) is 0 Å². The summed E-state index contributed by atoms with van der Waals surface area (Å²) < 4.78 is 0. The molecule has 1 unspecified atom stereocenters. The molecule has 0 amide bonds. The minimum Gasteiger partial charge on any atom is -0.116 e. The molecule has 2 aliphatic rings. The van der Waals surface area contributed by atoms with Gasteiger partial charge in [0.15, 0.2) is 0 Å². The molecule has 0 nitrogen and oxygen atoms in total. The molecule has 0 N–H and O–H groups in total. The molecule has 0 radical (unpaired) electrons.